The van der Waals surface area contributed by atoms with Gasteiger partial charge in [0.05, 0.1) is 10.7 Å². The fraction of sp³-hybridized carbons (Fsp3) is 0.286. The third kappa shape index (κ3) is 3.14. The van der Waals surface area contributed by atoms with Crippen molar-refractivity contribution in [2.24, 2.45) is 0 Å². The largest absolute Gasteiger partial charge is 0.384 e. The molecule has 1 aromatic carbocycles. The van der Waals surface area contributed by atoms with E-state index in [4.69, 9.17) is 28.9 Å². The number of hydrogen-bond donors (Lipinski definition) is 1. The molecule has 2 aromatic rings. The number of nitrogen functional groups attached to an aromatic ring is 1. The van der Waals surface area contributed by atoms with Crippen LogP contribution < -0.4 is 10.6 Å². The Labute approximate surface area is 128 Å². The van der Waals surface area contributed by atoms with Crippen molar-refractivity contribution in [1.82, 2.24) is 9.97 Å². The Morgan fingerprint density at radius 3 is 2.40 bits per heavy atom. The van der Waals surface area contributed by atoms with Gasteiger partial charge in [0.15, 0.2) is 0 Å². The number of anilines is 2. The Kier molecular flexibility index (Phi) is 4.68. The third-order valence-corrected chi connectivity index (χ3v) is 3.54. The predicted octanol–water partition coefficient (Wildman–Crippen LogP) is 3.88. The zero-order valence-electron chi connectivity index (χ0n) is 11.4. The lowest BCUT2D eigenvalue weighted by molar-refractivity contribution is 0.824. The quantitative estimate of drug-likeness (QED) is 0.931. The molecule has 1 aromatic heterocycles. The van der Waals surface area contributed by atoms with Gasteiger partial charge in [0.1, 0.15) is 5.82 Å². The fourth-order valence-corrected chi connectivity index (χ4v) is 2.44. The summed E-state index contributed by atoms with van der Waals surface area (Å²) in [5.74, 6) is 1.03. The molecule has 0 unspecified atom stereocenters. The third-order valence-electron chi connectivity index (χ3n) is 2.99. The van der Waals surface area contributed by atoms with E-state index < -0.39 is 0 Å². The van der Waals surface area contributed by atoms with Gasteiger partial charge in [0.25, 0.3) is 0 Å². The Morgan fingerprint density at radius 2 is 1.80 bits per heavy atom. The lowest BCUT2D eigenvalue weighted by atomic mass is 10.1. The number of halogens is 2. The summed E-state index contributed by atoms with van der Waals surface area (Å²) in [5.41, 5.74) is 7.36. The van der Waals surface area contributed by atoms with Gasteiger partial charge in [-0.2, -0.15) is 4.98 Å². The summed E-state index contributed by atoms with van der Waals surface area (Å²) in [4.78, 5) is 10.8. The molecule has 0 radical (unpaired) electrons. The van der Waals surface area contributed by atoms with Crippen LogP contribution in [0.3, 0.4) is 0 Å². The molecule has 0 saturated carbocycles. The molecule has 0 amide bonds. The van der Waals surface area contributed by atoms with Gasteiger partial charge in [-0.05, 0) is 32.0 Å². The minimum absolute atomic E-state index is 0.419. The normalized spacial score (nSPS) is 10.6. The van der Waals surface area contributed by atoms with Gasteiger partial charge in [0.2, 0.25) is 5.95 Å². The SMILES string of the molecule is CCN(CC)c1nc(N)cc(-c2ccc(Cl)cc2Cl)n1. The second-order valence-electron chi connectivity index (χ2n) is 4.27. The first-order chi connectivity index (χ1) is 9.55. The smallest absolute Gasteiger partial charge is 0.227 e. The molecule has 2 rings (SSSR count). The summed E-state index contributed by atoms with van der Waals surface area (Å²) in [6, 6.07) is 7.01. The molecule has 20 heavy (non-hydrogen) atoms. The molecule has 6 heteroatoms. The van der Waals surface area contributed by atoms with Gasteiger partial charge in [-0.1, -0.05) is 23.2 Å². The first-order valence-corrected chi connectivity index (χ1v) is 7.15. The zero-order valence-corrected chi connectivity index (χ0v) is 12.9. The lowest BCUT2D eigenvalue weighted by Crippen LogP contribution is -2.24. The van der Waals surface area contributed by atoms with Crippen LogP contribution in [0, 0.1) is 0 Å². The highest BCUT2D eigenvalue weighted by molar-refractivity contribution is 6.36. The molecular formula is C14H16Cl2N4. The highest BCUT2D eigenvalue weighted by Gasteiger charge is 2.12. The molecule has 1 heterocycles. The first kappa shape index (κ1) is 14.9. The van der Waals surface area contributed by atoms with E-state index in [0.29, 0.717) is 27.5 Å². The molecule has 0 atom stereocenters. The van der Waals surface area contributed by atoms with Crippen molar-refractivity contribution in [3.63, 3.8) is 0 Å². The van der Waals surface area contributed by atoms with E-state index in [1.165, 1.54) is 0 Å². The number of hydrogen-bond acceptors (Lipinski definition) is 4. The summed E-state index contributed by atoms with van der Waals surface area (Å²) in [6.07, 6.45) is 0. The van der Waals surface area contributed by atoms with Crippen LogP contribution in [0.2, 0.25) is 10.0 Å². The predicted molar refractivity (Wildman–Crippen MR) is 85.5 cm³/mol. The molecule has 0 spiro atoms. The van der Waals surface area contributed by atoms with E-state index in [9.17, 15) is 0 Å². The molecule has 4 nitrogen and oxygen atoms in total. The Morgan fingerprint density at radius 1 is 1.10 bits per heavy atom. The first-order valence-electron chi connectivity index (χ1n) is 6.40. The van der Waals surface area contributed by atoms with Crippen LogP contribution in [0.1, 0.15) is 13.8 Å². The van der Waals surface area contributed by atoms with E-state index in [1.54, 1.807) is 18.2 Å². The van der Waals surface area contributed by atoms with Crippen LogP contribution in [0.25, 0.3) is 11.3 Å². The van der Waals surface area contributed by atoms with E-state index in [-0.39, 0.29) is 0 Å². The second kappa shape index (κ2) is 6.29. The number of nitrogens with two attached hydrogens (primary N) is 1. The van der Waals surface area contributed by atoms with Crippen LogP contribution in [-0.4, -0.2) is 23.1 Å². The molecule has 0 aliphatic heterocycles. The lowest BCUT2D eigenvalue weighted by Gasteiger charge is -2.19. The summed E-state index contributed by atoms with van der Waals surface area (Å²) >= 11 is 12.1. The summed E-state index contributed by atoms with van der Waals surface area (Å²) in [6.45, 7) is 5.72. The van der Waals surface area contributed by atoms with Crippen molar-refractivity contribution in [2.45, 2.75) is 13.8 Å². The molecular weight excluding hydrogens is 295 g/mol. The number of aromatic nitrogens is 2. The van der Waals surface area contributed by atoms with Gasteiger partial charge < -0.3 is 10.6 Å². The van der Waals surface area contributed by atoms with E-state index in [2.05, 4.69) is 9.97 Å². The van der Waals surface area contributed by atoms with Crippen LogP contribution in [0.4, 0.5) is 11.8 Å². The van der Waals surface area contributed by atoms with Crippen molar-refractivity contribution in [2.75, 3.05) is 23.7 Å². The Hall–Kier alpha value is -1.52. The van der Waals surface area contributed by atoms with E-state index in [0.717, 1.165) is 18.7 Å². The number of benzene rings is 1. The summed E-state index contributed by atoms with van der Waals surface area (Å²) < 4.78 is 0. The van der Waals surface area contributed by atoms with Crippen molar-refractivity contribution < 1.29 is 0 Å². The van der Waals surface area contributed by atoms with Crippen LogP contribution >= 0.6 is 23.2 Å². The average molecular weight is 311 g/mol. The molecule has 106 valence electrons. The summed E-state index contributed by atoms with van der Waals surface area (Å²) in [7, 11) is 0. The number of rotatable bonds is 4. The summed E-state index contributed by atoms with van der Waals surface area (Å²) in [5, 5.41) is 1.13. The molecule has 2 N–H and O–H groups in total. The van der Waals surface area contributed by atoms with Crippen molar-refractivity contribution in [1.29, 1.82) is 0 Å². The number of nitrogens with zero attached hydrogens (tertiary/aromatic N) is 3. The standard InChI is InChI=1S/C14H16Cl2N4/c1-3-20(4-2)14-18-12(8-13(17)19-14)10-6-5-9(15)7-11(10)16/h5-8H,3-4H2,1-2H3,(H2,17,18,19). The molecule has 0 aliphatic rings. The highest BCUT2D eigenvalue weighted by atomic mass is 35.5. The van der Waals surface area contributed by atoms with Gasteiger partial charge in [-0.25, -0.2) is 4.98 Å². The van der Waals surface area contributed by atoms with Crippen molar-refractivity contribution in [3.05, 3.63) is 34.3 Å². The maximum atomic E-state index is 6.22. The van der Waals surface area contributed by atoms with Crippen molar-refractivity contribution >= 4 is 35.0 Å². The van der Waals surface area contributed by atoms with Crippen LogP contribution in [0.15, 0.2) is 24.3 Å². The van der Waals surface area contributed by atoms with Crippen LogP contribution in [0.5, 0.6) is 0 Å². The van der Waals surface area contributed by atoms with Gasteiger partial charge >= 0.3 is 0 Å². The Bertz CT molecular complexity index is 612. The molecule has 0 bridgehead atoms. The maximum Gasteiger partial charge on any atom is 0.227 e. The van der Waals surface area contributed by atoms with E-state index in [1.807, 2.05) is 24.8 Å². The van der Waals surface area contributed by atoms with Crippen LogP contribution in [-0.2, 0) is 0 Å². The van der Waals surface area contributed by atoms with Gasteiger partial charge in [0, 0.05) is 29.7 Å². The monoisotopic (exact) mass is 310 g/mol. The second-order valence-corrected chi connectivity index (χ2v) is 5.12. The topological polar surface area (TPSA) is 55.0 Å². The minimum Gasteiger partial charge on any atom is -0.384 e. The van der Waals surface area contributed by atoms with Gasteiger partial charge in [-0.15, -0.1) is 0 Å². The van der Waals surface area contributed by atoms with Crippen molar-refractivity contribution in [3.8, 4) is 11.3 Å². The maximum absolute atomic E-state index is 6.22. The van der Waals surface area contributed by atoms with E-state index >= 15 is 0 Å². The van der Waals surface area contributed by atoms with Gasteiger partial charge in [-0.3, -0.25) is 0 Å². The average Bonchev–Trinajstić information content (AvgIpc) is 2.39. The molecule has 0 aliphatic carbocycles. The molecule has 0 saturated heterocycles. The zero-order chi connectivity index (χ0) is 14.7. The molecule has 0 fully saturated rings. The minimum atomic E-state index is 0.419. The Balaban J connectivity index is 2.51. The highest BCUT2D eigenvalue weighted by Crippen LogP contribution is 2.30. The fourth-order valence-electron chi connectivity index (χ4n) is 1.94.